The molecule has 4 aliphatic rings. The van der Waals surface area contributed by atoms with Crippen LogP contribution < -0.4 is 9.47 Å². The van der Waals surface area contributed by atoms with Gasteiger partial charge in [-0.25, -0.2) is 15.0 Å². The van der Waals surface area contributed by atoms with Gasteiger partial charge in [-0.05, 0) is 73.4 Å². The molecule has 2 fully saturated rings. The number of aryl methyl sites for hydroxylation is 2. The number of aromatic nitrogens is 3. The normalized spacial score (nSPS) is 21.7. The van der Waals surface area contributed by atoms with E-state index < -0.39 is 0 Å². The van der Waals surface area contributed by atoms with E-state index in [1.54, 1.807) is 0 Å². The Hall–Kier alpha value is -3.52. The highest BCUT2D eigenvalue weighted by atomic mass is 16.6. The zero-order valence-corrected chi connectivity index (χ0v) is 21.9. The summed E-state index contributed by atoms with van der Waals surface area (Å²) in [6.07, 6.45) is 6.58. The maximum absolute atomic E-state index is 13.0. The summed E-state index contributed by atoms with van der Waals surface area (Å²) in [6.45, 7) is 6.97. The number of nitrogens with zero attached hydrogens (tertiary/aromatic N) is 5. The van der Waals surface area contributed by atoms with Crippen molar-refractivity contribution in [3.05, 3.63) is 65.1 Å². The van der Waals surface area contributed by atoms with Crippen LogP contribution in [0.2, 0.25) is 0 Å². The Kier molecular flexibility index (Phi) is 5.80. The minimum absolute atomic E-state index is 0.151. The first kappa shape index (κ1) is 23.6. The van der Waals surface area contributed by atoms with E-state index in [0.29, 0.717) is 42.7 Å². The highest BCUT2D eigenvalue weighted by Gasteiger charge is 2.48. The maximum atomic E-state index is 13.0. The van der Waals surface area contributed by atoms with Gasteiger partial charge in [0.1, 0.15) is 13.2 Å². The molecule has 2 aromatic heterocycles. The van der Waals surface area contributed by atoms with Crippen LogP contribution in [0.1, 0.15) is 47.8 Å². The highest BCUT2D eigenvalue weighted by Crippen LogP contribution is 2.48. The van der Waals surface area contributed by atoms with Gasteiger partial charge in [-0.3, -0.25) is 9.69 Å². The summed E-state index contributed by atoms with van der Waals surface area (Å²) in [5.41, 5.74) is 6.10. The molecular formula is C30H33N5O3. The molecule has 0 radical (unpaired) electrons. The Morgan fingerprint density at radius 3 is 2.74 bits per heavy atom. The lowest BCUT2D eigenvalue weighted by Gasteiger charge is -2.56. The van der Waals surface area contributed by atoms with Crippen molar-refractivity contribution in [2.45, 2.75) is 45.1 Å². The van der Waals surface area contributed by atoms with Crippen LogP contribution in [0, 0.1) is 12.3 Å². The van der Waals surface area contributed by atoms with Crippen molar-refractivity contribution in [2.24, 2.45) is 5.41 Å². The van der Waals surface area contributed by atoms with Gasteiger partial charge in [0.15, 0.2) is 11.6 Å². The van der Waals surface area contributed by atoms with E-state index in [0.717, 1.165) is 68.2 Å². The predicted molar refractivity (Wildman–Crippen MR) is 142 cm³/mol. The molecule has 0 saturated carbocycles. The first-order chi connectivity index (χ1) is 18.6. The number of piperidine rings is 1. The van der Waals surface area contributed by atoms with Gasteiger partial charge in [0.25, 0.3) is 5.88 Å². The maximum Gasteiger partial charge on any atom is 0.257 e. The number of fused-ring (bicyclic) bond motifs is 2. The van der Waals surface area contributed by atoms with Crippen LogP contribution in [0.25, 0.3) is 11.4 Å². The second kappa shape index (κ2) is 9.34. The van der Waals surface area contributed by atoms with Gasteiger partial charge < -0.3 is 14.4 Å². The number of likely N-dealkylation sites (tertiary alicyclic amines) is 2. The monoisotopic (exact) mass is 511 g/mol. The van der Waals surface area contributed by atoms with Crippen LogP contribution in [0.15, 0.2) is 42.6 Å². The van der Waals surface area contributed by atoms with Crippen LogP contribution in [0.3, 0.4) is 0 Å². The summed E-state index contributed by atoms with van der Waals surface area (Å²) in [6, 6.07) is 12.9. The molecule has 38 heavy (non-hydrogen) atoms. The lowest BCUT2D eigenvalue weighted by Crippen LogP contribution is -2.61. The number of carbonyl (C=O) groups excluding carboxylic acids is 1. The van der Waals surface area contributed by atoms with Gasteiger partial charge in [-0.15, -0.1) is 0 Å². The summed E-state index contributed by atoms with van der Waals surface area (Å²) in [5.74, 6) is 2.12. The molecule has 7 rings (SSSR count). The van der Waals surface area contributed by atoms with E-state index in [-0.39, 0.29) is 5.91 Å². The fourth-order valence-corrected chi connectivity index (χ4v) is 6.62. The number of pyridine rings is 1. The number of ether oxygens (including phenoxy) is 2. The molecule has 1 unspecified atom stereocenters. The molecular weight excluding hydrogens is 478 g/mol. The number of hydrogen-bond acceptors (Lipinski definition) is 7. The fraction of sp³-hybridized carbons (Fsp3) is 0.467. The smallest absolute Gasteiger partial charge is 0.257 e. The predicted octanol–water partition coefficient (Wildman–Crippen LogP) is 3.77. The highest BCUT2D eigenvalue weighted by molar-refractivity contribution is 5.78. The molecule has 3 aliphatic heterocycles. The van der Waals surface area contributed by atoms with Gasteiger partial charge in [-0.2, -0.15) is 0 Å². The van der Waals surface area contributed by atoms with Gasteiger partial charge in [-0.1, -0.05) is 12.1 Å². The molecule has 5 heterocycles. The van der Waals surface area contributed by atoms with Crippen molar-refractivity contribution in [2.75, 3.05) is 39.4 Å². The van der Waals surface area contributed by atoms with Crippen LogP contribution in [-0.2, 0) is 17.6 Å². The Balaban J connectivity index is 0.942. The van der Waals surface area contributed by atoms with Crippen LogP contribution in [-0.4, -0.2) is 70.1 Å². The summed E-state index contributed by atoms with van der Waals surface area (Å²) in [4.78, 5) is 31.3. The molecule has 1 amide bonds. The first-order valence-electron chi connectivity index (χ1n) is 13.8. The average molecular weight is 512 g/mol. The van der Waals surface area contributed by atoms with Crippen LogP contribution in [0.4, 0.5) is 0 Å². The Bertz CT molecular complexity index is 1380. The molecule has 8 heteroatoms. The first-order valence-corrected chi connectivity index (χ1v) is 13.8. The minimum Gasteiger partial charge on any atom is -0.484 e. The second-order valence-electron chi connectivity index (χ2n) is 11.3. The zero-order chi connectivity index (χ0) is 25.7. The minimum atomic E-state index is 0.151. The third kappa shape index (κ3) is 4.30. The molecule has 196 valence electrons. The molecule has 1 spiro atoms. The molecule has 3 aromatic rings. The van der Waals surface area contributed by atoms with Crippen molar-refractivity contribution in [1.29, 1.82) is 0 Å². The van der Waals surface area contributed by atoms with Crippen LogP contribution >= 0.6 is 0 Å². The summed E-state index contributed by atoms with van der Waals surface area (Å²) in [7, 11) is 0. The SMILES string of the molecule is Cc1ccnc(-c2ccc3c(c2)CCC3N2CC3(CCN(C(=O)Cc4ccc5c(n4)OCCO5)CC3)C2)n1. The number of rotatable bonds is 4. The van der Waals surface area contributed by atoms with Gasteiger partial charge in [0.05, 0.1) is 12.1 Å². The van der Waals surface area contributed by atoms with E-state index in [9.17, 15) is 4.79 Å². The topological polar surface area (TPSA) is 80.7 Å². The Morgan fingerprint density at radius 2 is 1.89 bits per heavy atom. The molecule has 0 bridgehead atoms. The van der Waals surface area contributed by atoms with Gasteiger partial charge >= 0.3 is 0 Å². The van der Waals surface area contributed by atoms with E-state index in [4.69, 9.17) is 9.47 Å². The third-order valence-corrected chi connectivity index (χ3v) is 8.73. The number of benzene rings is 1. The zero-order valence-electron chi connectivity index (χ0n) is 21.9. The van der Waals surface area contributed by atoms with Crippen molar-refractivity contribution < 1.29 is 14.3 Å². The largest absolute Gasteiger partial charge is 0.484 e. The van der Waals surface area contributed by atoms with Crippen molar-refractivity contribution >= 4 is 5.91 Å². The van der Waals surface area contributed by atoms with Gasteiger partial charge in [0.2, 0.25) is 5.91 Å². The fourth-order valence-electron chi connectivity index (χ4n) is 6.62. The summed E-state index contributed by atoms with van der Waals surface area (Å²) < 4.78 is 11.1. The summed E-state index contributed by atoms with van der Waals surface area (Å²) in [5, 5.41) is 0. The second-order valence-corrected chi connectivity index (χ2v) is 11.3. The quantitative estimate of drug-likeness (QED) is 0.528. The number of hydrogen-bond donors (Lipinski definition) is 0. The van der Waals surface area contributed by atoms with E-state index in [1.807, 2.05) is 36.2 Å². The lowest BCUT2D eigenvalue weighted by atomic mass is 9.71. The van der Waals surface area contributed by atoms with Crippen molar-refractivity contribution in [3.8, 4) is 23.0 Å². The van der Waals surface area contributed by atoms with E-state index in [1.165, 1.54) is 17.5 Å². The Morgan fingerprint density at radius 1 is 1.05 bits per heavy atom. The molecule has 2 saturated heterocycles. The molecule has 0 N–H and O–H groups in total. The molecule has 1 aliphatic carbocycles. The van der Waals surface area contributed by atoms with Crippen molar-refractivity contribution in [3.63, 3.8) is 0 Å². The Labute approximate surface area is 223 Å². The average Bonchev–Trinajstić information content (AvgIpc) is 3.34. The van der Waals surface area contributed by atoms with E-state index >= 15 is 0 Å². The summed E-state index contributed by atoms with van der Waals surface area (Å²) >= 11 is 0. The lowest BCUT2D eigenvalue weighted by molar-refractivity contribution is -0.136. The standard InChI is InChI=1S/C30H33N5O3/c1-20-8-11-31-28(32-20)22-2-5-24-21(16-22)3-6-25(24)35-18-30(19-35)9-12-34(13-10-30)27(36)17-23-4-7-26-29(33-23)38-15-14-37-26/h2,4-5,7-8,11,16,25H,3,6,9-10,12-15,17-19H2,1H3. The van der Waals surface area contributed by atoms with E-state index in [2.05, 4.69) is 38.1 Å². The third-order valence-electron chi connectivity index (χ3n) is 8.73. The molecule has 8 nitrogen and oxygen atoms in total. The van der Waals surface area contributed by atoms with Crippen molar-refractivity contribution in [1.82, 2.24) is 24.8 Å². The molecule has 1 atom stereocenters. The van der Waals surface area contributed by atoms with Crippen LogP contribution in [0.5, 0.6) is 11.6 Å². The number of amides is 1. The number of carbonyl (C=O) groups is 1. The van der Waals surface area contributed by atoms with Gasteiger partial charge in [0, 0.05) is 49.7 Å². The molecule has 1 aromatic carbocycles.